The highest BCUT2D eigenvalue weighted by Crippen LogP contribution is 2.20. The third-order valence-corrected chi connectivity index (χ3v) is 2.38. The number of rotatable bonds is 2. The van der Waals surface area contributed by atoms with Crippen molar-refractivity contribution in [2.75, 3.05) is 19.6 Å². The molecule has 0 aromatic rings. The summed E-state index contributed by atoms with van der Waals surface area (Å²) >= 11 is 0. The van der Waals surface area contributed by atoms with Crippen LogP contribution in [0.1, 0.15) is 26.7 Å². The van der Waals surface area contributed by atoms with Gasteiger partial charge in [-0.3, -0.25) is 4.90 Å². The summed E-state index contributed by atoms with van der Waals surface area (Å²) in [5, 5.41) is 18.5. The number of nitriles is 1. The maximum Gasteiger partial charge on any atom is 0.163 e. The number of likely N-dealkylation sites (tertiary alicyclic amines) is 1. The zero-order valence-corrected chi connectivity index (χ0v) is 8.45. The lowest BCUT2D eigenvalue weighted by molar-refractivity contribution is 0.0105. The highest BCUT2D eigenvalue weighted by Gasteiger charge is 2.32. The summed E-state index contributed by atoms with van der Waals surface area (Å²) in [6, 6.07) is 2.00. The summed E-state index contributed by atoms with van der Waals surface area (Å²) in [4.78, 5) is 2.18. The van der Waals surface area contributed by atoms with E-state index in [2.05, 4.69) is 18.7 Å². The van der Waals surface area contributed by atoms with E-state index in [1.807, 2.05) is 6.07 Å². The molecule has 1 saturated heterocycles. The minimum absolute atomic E-state index is 0.516. The smallest absolute Gasteiger partial charge is 0.163 e. The Hall–Kier alpha value is -0.590. The first-order valence-corrected chi connectivity index (χ1v) is 4.92. The fourth-order valence-electron chi connectivity index (χ4n) is 1.89. The van der Waals surface area contributed by atoms with Crippen LogP contribution in [0.5, 0.6) is 0 Å². The summed E-state index contributed by atoms with van der Waals surface area (Å²) in [6.07, 6.45) is 1.55. The fraction of sp³-hybridized carbons (Fsp3) is 0.900. The van der Waals surface area contributed by atoms with Gasteiger partial charge in [0.05, 0.1) is 6.07 Å². The van der Waals surface area contributed by atoms with E-state index in [4.69, 9.17) is 5.26 Å². The van der Waals surface area contributed by atoms with Gasteiger partial charge < -0.3 is 5.11 Å². The number of piperidine rings is 1. The topological polar surface area (TPSA) is 47.3 Å². The van der Waals surface area contributed by atoms with Crippen molar-refractivity contribution < 1.29 is 5.11 Å². The molecule has 1 aliphatic rings. The molecule has 0 aliphatic carbocycles. The lowest BCUT2D eigenvalue weighted by Crippen LogP contribution is -2.48. The predicted molar refractivity (Wildman–Crippen MR) is 51.1 cm³/mol. The average molecular weight is 182 g/mol. The quantitative estimate of drug-likeness (QED) is 0.648. The van der Waals surface area contributed by atoms with E-state index in [-0.39, 0.29) is 0 Å². The van der Waals surface area contributed by atoms with Crippen LogP contribution in [0.25, 0.3) is 0 Å². The summed E-state index contributed by atoms with van der Waals surface area (Å²) in [7, 11) is 0. The Morgan fingerprint density at radius 3 is 2.85 bits per heavy atom. The van der Waals surface area contributed by atoms with Crippen molar-refractivity contribution in [2.45, 2.75) is 32.3 Å². The van der Waals surface area contributed by atoms with Crippen molar-refractivity contribution in [3.05, 3.63) is 0 Å². The van der Waals surface area contributed by atoms with Gasteiger partial charge in [-0.05, 0) is 25.3 Å². The monoisotopic (exact) mass is 182 g/mol. The van der Waals surface area contributed by atoms with E-state index in [0.29, 0.717) is 18.9 Å². The van der Waals surface area contributed by atoms with E-state index in [1.54, 1.807) is 0 Å². The molecular formula is C10H18N2O. The van der Waals surface area contributed by atoms with Crippen LogP contribution in [0, 0.1) is 17.2 Å². The second kappa shape index (κ2) is 4.08. The summed E-state index contributed by atoms with van der Waals surface area (Å²) in [5.41, 5.74) is -1.09. The fourth-order valence-corrected chi connectivity index (χ4v) is 1.89. The molecule has 1 atom stereocenters. The van der Waals surface area contributed by atoms with E-state index in [9.17, 15) is 5.11 Å². The first-order valence-electron chi connectivity index (χ1n) is 4.92. The molecule has 1 N–H and O–H groups in total. The Bertz CT molecular complexity index is 209. The van der Waals surface area contributed by atoms with E-state index >= 15 is 0 Å². The second-order valence-corrected chi connectivity index (χ2v) is 4.38. The Balaban J connectivity index is 2.48. The molecule has 0 saturated carbocycles. The zero-order chi connectivity index (χ0) is 9.90. The van der Waals surface area contributed by atoms with Crippen LogP contribution in [0.4, 0.5) is 0 Å². The van der Waals surface area contributed by atoms with E-state index < -0.39 is 5.60 Å². The summed E-state index contributed by atoms with van der Waals surface area (Å²) in [5.74, 6) is 0.598. The van der Waals surface area contributed by atoms with Crippen LogP contribution in [-0.2, 0) is 0 Å². The van der Waals surface area contributed by atoms with Gasteiger partial charge in [-0.25, -0.2) is 0 Å². The Kier molecular flexibility index (Phi) is 3.29. The van der Waals surface area contributed by atoms with Crippen LogP contribution >= 0.6 is 0 Å². The van der Waals surface area contributed by atoms with Gasteiger partial charge in [-0.1, -0.05) is 13.8 Å². The maximum atomic E-state index is 9.76. The number of hydrogen-bond acceptors (Lipinski definition) is 3. The van der Waals surface area contributed by atoms with Crippen LogP contribution in [-0.4, -0.2) is 35.2 Å². The molecule has 0 radical (unpaired) electrons. The van der Waals surface area contributed by atoms with Gasteiger partial charge in [0, 0.05) is 13.1 Å². The SMILES string of the molecule is CC(C)CN1CCCC(O)(C#N)C1. The molecule has 3 nitrogen and oxygen atoms in total. The van der Waals surface area contributed by atoms with Crippen molar-refractivity contribution in [2.24, 2.45) is 5.92 Å². The van der Waals surface area contributed by atoms with Gasteiger partial charge in [0.25, 0.3) is 0 Å². The first-order chi connectivity index (χ1) is 6.06. The predicted octanol–water partition coefficient (Wildman–Crippen LogP) is 0.993. The van der Waals surface area contributed by atoms with Crippen molar-refractivity contribution in [1.29, 1.82) is 5.26 Å². The van der Waals surface area contributed by atoms with Crippen molar-refractivity contribution in [3.63, 3.8) is 0 Å². The molecule has 1 aliphatic heterocycles. The van der Waals surface area contributed by atoms with Gasteiger partial charge >= 0.3 is 0 Å². The number of β-amino-alcohol motifs (C(OH)–C–C–N with tert-alkyl or cyclic N) is 1. The van der Waals surface area contributed by atoms with Gasteiger partial charge in [0.15, 0.2) is 5.60 Å². The summed E-state index contributed by atoms with van der Waals surface area (Å²) < 4.78 is 0. The van der Waals surface area contributed by atoms with Crippen LogP contribution < -0.4 is 0 Å². The molecule has 0 amide bonds. The standard InChI is InChI=1S/C10H18N2O/c1-9(2)6-12-5-3-4-10(13,7-11)8-12/h9,13H,3-6,8H2,1-2H3. The maximum absolute atomic E-state index is 9.76. The number of hydrogen-bond donors (Lipinski definition) is 1. The van der Waals surface area contributed by atoms with Crippen LogP contribution in [0.2, 0.25) is 0 Å². The van der Waals surface area contributed by atoms with Gasteiger partial charge in [-0.15, -0.1) is 0 Å². The highest BCUT2D eigenvalue weighted by atomic mass is 16.3. The van der Waals surface area contributed by atoms with Crippen molar-refractivity contribution >= 4 is 0 Å². The van der Waals surface area contributed by atoms with Gasteiger partial charge in [0.1, 0.15) is 0 Å². The first kappa shape index (κ1) is 10.5. The largest absolute Gasteiger partial charge is 0.374 e. The molecule has 1 heterocycles. The molecule has 1 rings (SSSR count). The normalized spacial score (nSPS) is 30.4. The molecule has 3 heteroatoms. The van der Waals surface area contributed by atoms with Crippen molar-refractivity contribution in [3.8, 4) is 6.07 Å². The molecule has 0 aromatic heterocycles. The van der Waals surface area contributed by atoms with Crippen LogP contribution in [0.15, 0.2) is 0 Å². The highest BCUT2D eigenvalue weighted by molar-refractivity contribution is 5.04. The van der Waals surface area contributed by atoms with Gasteiger partial charge in [0.2, 0.25) is 0 Å². The molecule has 1 unspecified atom stereocenters. The van der Waals surface area contributed by atoms with Crippen molar-refractivity contribution in [1.82, 2.24) is 4.90 Å². The molecule has 13 heavy (non-hydrogen) atoms. The molecule has 0 aromatic carbocycles. The minimum Gasteiger partial charge on any atom is -0.374 e. The molecule has 1 fully saturated rings. The Morgan fingerprint density at radius 2 is 2.31 bits per heavy atom. The number of aliphatic hydroxyl groups is 1. The van der Waals surface area contributed by atoms with E-state index in [0.717, 1.165) is 19.5 Å². The second-order valence-electron chi connectivity index (χ2n) is 4.38. The lowest BCUT2D eigenvalue weighted by atomic mass is 9.94. The third-order valence-electron chi connectivity index (χ3n) is 2.38. The Labute approximate surface area is 80.0 Å². The minimum atomic E-state index is -1.09. The molecule has 0 spiro atoms. The van der Waals surface area contributed by atoms with E-state index in [1.165, 1.54) is 0 Å². The molecule has 74 valence electrons. The zero-order valence-electron chi connectivity index (χ0n) is 8.45. The summed E-state index contributed by atoms with van der Waals surface area (Å²) in [6.45, 7) is 6.81. The molecule has 0 bridgehead atoms. The average Bonchev–Trinajstić information content (AvgIpc) is 2.03. The lowest BCUT2D eigenvalue weighted by Gasteiger charge is -2.35. The third kappa shape index (κ3) is 2.98. The number of nitrogens with zero attached hydrogens (tertiary/aromatic N) is 2. The Morgan fingerprint density at radius 1 is 1.62 bits per heavy atom. The van der Waals surface area contributed by atoms with Gasteiger partial charge in [-0.2, -0.15) is 5.26 Å². The molecular weight excluding hydrogens is 164 g/mol. The van der Waals surface area contributed by atoms with Crippen LogP contribution in [0.3, 0.4) is 0 Å².